The van der Waals surface area contributed by atoms with Gasteiger partial charge in [0.2, 0.25) is 0 Å². The molecule has 3 heterocycles. The number of rotatable bonds is 2. The Bertz CT molecular complexity index is 670. The molecule has 0 aliphatic rings. The maximum Gasteiger partial charge on any atom is 0.197 e. The van der Waals surface area contributed by atoms with Gasteiger partial charge < -0.3 is 4.57 Å². The van der Waals surface area contributed by atoms with E-state index in [1.165, 1.54) is 0 Å². The molecule has 17 heavy (non-hydrogen) atoms. The van der Waals surface area contributed by atoms with E-state index in [0.29, 0.717) is 17.2 Å². The van der Waals surface area contributed by atoms with E-state index in [0.717, 1.165) is 11.3 Å². The number of fused-ring (bicyclic) bond motifs is 1. The van der Waals surface area contributed by atoms with E-state index in [1.54, 1.807) is 29.6 Å². The summed E-state index contributed by atoms with van der Waals surface area (Å²) in [6.45, 7) is 0.537. The van der Waals surface area contributed by atoms with Crippen LogP contribution in [0.3, 0.4) is 0 Å². The molecule has 0 atom stereocenters. The second kappa shape index (κ2) is 3.81. The van der Waals surface area contributed by atoms with Gasteiger partial charge in [0.1, 0.15) is 5.69 Å². The fourth-order valence-electron chi connectivity index (χ4n) is 1.69. The summed E-state index contributed by atoms with van der Waals surface area (Å²) in [4.78, 5) is 12.5. The minimum absolute atomic E-state index is 0.537. The molecule has 0 bridgehead atoms. The second-order valence-electron chi connectivity index (χ2n) is 3.67. The molecule has 3 aromatic heterocycles. The molecule has 0 saturated heterocycles. The summed E-state index contributed by atoms with van der Waals surface area (Å²) in [5, 5.41) is 4.92. The average Bonchev–Trinajstić information content (AvgIpc) is 2.85. The Morgan fingerprint density at radius 3 is 2.82 bits per heavy atom. The Morgan fingerprint density at radius 1 is 1.24 bits per heavy atom. The van der Waals surface area contributed by atoms with Gasteiger partial charge in [-0.15, -0.1) is 0 Å². The SMILES string of the molecule is Cn1cc(Cl)c(Cn2cnc3nccnc32)n1. The molecule has 7 heteroatoms. The van der Waals surface area contributed by atoms with Gasteiger partial charge in [0.25, 0.3) is 0 Å². The van der Waals surface area contributed by atoms with E-state index in [1.807, 2.05) is 11.6 Å². The van der Waals surface area contributed by atoms with Crippen molar-refractivity contribution in [2.45, 2.75) is 6.54 Å². The molecule has 0 saturated carbocycles. The lowest BCUT2D eigenvalue weighted by atomic mass is 10.4. The average molecular weight is 249 g/mol. The van der Waals surface area contributed by atoms with Crippen LogP contribution in [0, 0.1) is 0 Å². The normalized spacial score (nSPS) is 11.2. The van der Waals surface area contributed by atoms with Gasteiger partial charge in [-0.3, -0.25) is 4.68 Å². The van der Waals surface area contributed by atoms with Gasteiger partial charge in [-0.05, 0) is 0 Å². The van der Waals surface area contributed by atoms with Gasteiger partial charge in [-0.25, -0.2) is 15.0 Å². The van der Waals surface area contributed by atoms with Gasteiger partial charge >= 0.3 is 0 Å². The first-order chi connectivity index (χ1) is 8.24. The lowest BCUT2D eigenvalue weighted by Gasteiger charge is -2.00. The number of imidazole rings is 1. The van der Waals surface area contributed by atoms with Gasteiger partial charge in [0.05, 0.1) is 17.9 Å². The molecule has 0 unspecified atom stereocenters. The molecule has 0 N–H and O–H groups in total. The Hall–Kier alpha value is -1.95. The molecule has 0 aliphatic carbocycles. The van der Waals surface area contributed by atoms with Crippen LogP contribution in [0.15, 0.2) is 24.9 Å². The zero-order valence-electron chi connectivity index (χ0n) is 9.08. The van der Waals surface area contributed by atoms with Crippen molar-refractivity contribution in [3.05, 3.63) is 35.6 Å². The minimum atomic E-state index is 0.537. The first-order valence-electron chi connectivity index (χ1n) is 5.04. The number of nitrogens with zero attached hydrogens (tertiary/aromatic N) is 6. The van der Waals surface area contributed by atoms with Gasteiger partial charge in [-0.2, -0.15) is 5.10 Å². The highest BCUT2D eigenvalue weighted by molar-refractivity contribution is 6.31. The number of halogens is 1. The number of hydrogen-bond donors (Lipinski definition) is 0. The first kappa shape index (κ1) is 10.2. The molecule has 0 spiro atoms. The maximum absolute atomic E-state index is 6.06. The number of hydrogen-bond acceptors (Lipinski definition) is 4. The number of aryl methyl sites for hydroxylation is 1. The van der Waals surface area contributed by atoms with Gasteiger partial charge in [0.15, 0.2) is 11.3 Å². The van der Waals surface area contributed by atoms with Crippen molar-refractivity contribution in [1.82, 2.24) is 29.3 Å². The highest BCUT2D eigenvalue weighted by Gasteiger charge is 2.09. The molecule has 0 amide bonds. The summed E-state index contributed by atoms with van der Waals surface area (Å²) in [6.07, 6.45) is 6.71. The Morgan fingerprint density at radius 2 is 2.06 bits per heavy atom. The fourth-order valence-corrected chi connectivity index (χ4v) is 1.92. The lowest BCUT2D eigenvalue weighted by molar-refractivity contribution is 0.711. The fraction of sp³-hybridized carbons (Fsp3) is 0.200. The molecule has 0 fully saturated rings. The summed E-state index contributed by atoms with van der Waals surface area (Å²) < 4.78 is 3.55. The third-order valence-corrected chi connectivity index (χ3v) is 2.74. The van der Waals surface area contributed by atoms with E-state index >= 15 is 0 Å². The van der Waals surface area contributed by atoms with Crippen LogP contribution >= 0.6 is 11.6 Å². The van der Waals surface area contributed by atoms with Crippen molar-refractivity contribution in [2.75, 3.05) is 0 Å². The summed E-state index contributed by atoms with van der Waals surface area (Å²) in [5.41, 5.74) is 2.15. The lowest BCUT2D eigenvalue weighted by Crippen LogP contribution is -2.01. The summed E-state index contributed by atoms with van der Waals surface area (Å²) in [7, 11) is 1.83. The molecule has 86 valence electrons. The Labute approximate surface area is 102 Å². The summed E-state index contributed by atoms with van der Waals surface area (Å²) in [6, 6.07) is 0. The maximum atomic E-state index is 6.06. The van der Waals surface area contributed by atoms with Crippen molar-refractivity contribution in [3.8, 4) is 0 Å². The van der Waals surface area contributed by atoms with E-state index in [9.17, 15) is 0 Å². The monoisotopic (exact) mass is 248 g/mol. The second-order valence-corrected chi connectivity index (χ2v) is 4.08. The van der Waals surface area contributed by atoms with Crippen LogP contribution in [0.4, 0.5) is 0 Å². The standard InChI is InChI=1S/C10H9ClN6/c1-16-4-7(11)8(15-16)5-17-6-14-9-10(17)13-3-2-12-9/h2-4,6H,5H2,1H3. The Balaban J connectivity index is 2.03. The van der Waals surface area contributed by atoms with Crippen LogP contribution in [-0.2, 0) is 13.6 Å². The molecular weight excluding hydrogens is 240 g/mol. The van der Waals surface area contributed by atoms with Crippen LogP contribution in [0.5, 0.6) is 0 Å². The van der Waals surface area contributed by atoms with E-state index in [4.69, 9.17) is 11.6 Å². The Kier molecular flexibility index (Phi) is 2.29. The predicted octanol–water partition coefficient (Wildman–Crippen LogP) is 1.26. The highest BCUT2D eigenvalue weighted by Crippen LogP contribution is 2.16. The zero-order chi connectivity index (χ0) is 11.8. The van der Waals surface area contributed by atoms with Crippen molar-refractivity contribution in [2.24, 2.45) is 7.05 Å². The van der Waals surface area contributed by atoms with Gasteiger partial charge in [0, 0.05) is 25.6 Å². The molecule has 3 aromatic rings. The minimum Gasteiger partial charge on any atom is -0.308 e. The van der Waals surface area contributed by atoms with Gasteiger partial charge in [-0.1, -0.05) is 11.6 Å². The smallest absolute Gasteiger partial charge is 0.197 e. The number of aromatic nitrogens is 6. The topological polar surface area (TPSA) is 61.4 Å². The zero-order valence-corrected chi connectivity index (χ0v) is 9.83. The molecule has 0 radical (unpaired) electrons. The molecule has 6 nitrogen and oxygen atoms in total. The van der Waals surface area contributed by atoms with E-state index < -0.39 is 0 Å². The van der Waals surface area contributed by atoms with Crippen molar-refractivity contribution in [3.63, 3.8) is 0 Å². The van der Waals surface area contributed by atoms with Crippen LogP contribution in [0.2, 0.25) is 5.02 Å². The van der Waals surface area contributed by atoms with Crippen LogP contribution in [0.1, 0.15) is 5.69 Å². The van der Waals surface area contributed by atoms with Crippen molar-refractivity contribution >= 4 is 22.9 Å². The van der Waals surface area contributed by atoms with Crippen molar-refractivity contribution < 1.29 is 0 Å². The van der Waals surface area contributed by atoms with E-state index in [2.05, 4.69) is 20.1 Å². The molecule has 0 aromatic carbocycles. The van der Waals surface area contributed by atoms with Crippen LogP contribution in [-0.4, -0.2) is 29.3 Å². The largest absolute Gasteiger partial charge is 0.308 e. The summed E-state index contributed by atoms with van der Waals surface area (Å²) >= 11 is 6.06. The van der Waals surface area contributed by atoms with Crippen LogP contribution in [0.25, 0.3) is 11.3 Å². The quantitative estimate of drug-likeness (QED) is 0.685. The molecular formula is C10H9ClN6. The first-order valence-corrected chi connectivity index (χ1v) is 5.41. The highest BCUT2D eigenvalue weighted by atomic mass is 35.5. The van der Waals surface area contributed by atoms with Crippen molar-refractivity contribution in [1.29, 1.82) is 0 Å². The third kappa shape index (κ3) is 1.76. The third-order valence-electron chi connectivity index (χ3n) is 2.43. The molecule has 0 aliphatic heterocycles. The van der Waals surface area contributed by atoms with E-state index in [-0.39, 0.29) is 0 Å². The summed E-state index contributed by atoms with van der Waals surface area (Å²) in [5.74, 6) is 0. The van der Waals surface area contributed by atoms with Crippen LogP contribution < -0.4 is 0 Å². The predicted molar refractivity (Wildman–Crippen MR) is 62.6 cm³/mol. The molecule has 3 rings (SSSR count).